The second kappa shape index (κ2) is 9.66. The van der Waals surface area contributed by atoms with E-state index in [1.54, 1.807) is 0 Å². The molecule has 0 aliphatic heterocycles. The Bertz CT molecular complexity index is 1430. The predicted octanol–water partition coefficient (Wildman–Crippen LogP) is 6.56. The maximum Gasteiger partial charge on any atom is 0.313 e. The highest BCUT2D eigenvalue weighted by Gasteiger charge is 2.32. The third-order valence-corrected chi connectivity index (χ3v) is 6.69. The standard InChI is InChI=1S/C24H12F4N2O5S/c25-15-5-1-13(2-6-15)21-19(11-9-17(27)23(21)29(31)32)36(35)20-12-10-18(28)24(30(33)34)22(20)14-3-7-16(26)8-4-14/h1-12H. The normalized spacial score (nSPS) is 11.0. The van der Waals surface area contributed by atoms with Gasteiger partial charge in [-0.25, -0.2) is 13.0 Å². The minimum atomic E-state index is -2.48. The molecule has 4 aromatic carbocycles. The topological polar surface area (TPSA) is 103 Å². The minimum absolute atomic E-state index is 0.0501. The van der Waals surface area contributed by atoms with Crippen molar-refractivity contribution in [1.82, 2.24) is 0 Å². The third kappa shape index (κ3) is 4.45. The lowest BCUT2D eigenvalue weighted by molar-refractivity contribution is -0.387. The molecule has 0 atom stereocenters. The van der Waals surface area contributed by atoms with Gasteiger partial charge < -0.3 is 0 Å². The molecule has 4 aromatic rings. The van der Waals surface area contributed by atoms with Gasteiger partial charge in [0.25, 0.3) is 0 Å². The molecule has 0 saturated heterocycles. The van der Waals surface area contributed by atoms with Gasteiger partial charge in [0.1, 0.15) is 11.6 Å². The van der Waals surface area contributed by atoms with Gasteiger partial charge in [0.15, 0.2) is 0 Å². The molecule has 0 unspecified atom stereocenters. The molecule has 0 fully saturated rings. The summed E-state index contributed by atoms with van der Waals surface area (Å²) in [6.07, 6.45) is 0. The Balaban J connectivity index is 2.05. The monoisotopic (exact) mass is 516 g/mol. The van der Waals surface area contributed by atoms with Crippen molar-refractivity contribution in [3.05, 3.63) is 116 Å². The molecule has 12 heteroatoms. The van der Waals surface area contributed by atoms with E-state index >= 15 is 0 Å². The van der Waals surface area contributed by atoms with Crippen molar-refractivity contribution in [2.24, 2.45) is 0 Å². The first kappa shape index (κ1) is 24.7. The molecule has 36 heavy (non-hydrogen) atoms. The second-order valence-electron chi connectivity index (χ2n) is 7.33. The first-order chi connectivity index (χ1) is 17.1. The van der Waals surface area contributed by atoms with Gasteiger partial charge in [-0.3, -0.25) is 20.2 Å². The summed E-state index contributed by atoms with van der Waals surface area (Å²) in [5.41, 5.74) is -3.10. The zero-order valence-electron chi connectivity index (χ0n) is 17.8. The molecule has 0 aromatic heterocycles. The number of hydrogen-bond donors (Lipinski definition) is 0. The molecule has 0 amide bonds. The molecule has 0 saturated carbocycles. The quantitative estimate of drug-likeness (QED) is 0.164. The fourth-order valence-electron chi connectivity index (χ4n) is 3.67. The fourth-order valence-corrected chi connectivity index (χ4v) is 5.09. The van der Waals surface area contributed by atoms with Crippen LogP contribution in [0.1, 0.15) is 0 Å². The van der Waals surface area contributed by atoms with Gasteiger partial charge in [-0.05, 0) is 59.7 Å². The van der Waals surface area contributed by atoms with E-state index in [1.165, 1.54) is 0 Å². The summed E-state index contributed by atoms with van der Waals surface area (Å²) >= 11 is 0. The number of nitro groups is 2. The van der Waals surface area contributed by atoms with Crippen LogP contribution in [-0.2, 0) is 10.8 Å². The Morgan fingerprint density at radius 3 is 1.19 bits per heavy atom. The number of nitrogens with zero attached hydrogens (tertiary/aromatic N) is 2. The molecule has 182 valence electrons. The number of nitro benzene ring substituents is 2. The molecular formula is C24H12F4N2O5S. The van der Waals surface area contributed by atoms with E-state index in [2.05, 4.69) is 0 Å². The molecule has 4 rings (SSSR count). The Labute approximate surface area is 202 Å². The van der Waals surface area contributed by atoms with E-state index < -0.39 is 66.4 Å². The summed E-state index contributed by atoms with van der Waals surface area (Å²) in [5, 5.41) is 23.4. The van der Waals surface area contributed by atoms with E-state index in [1.807, 2.05) is 0 Å². The lowest BCUT2D eigenvalue weighted by Crippen LogP contribution is -2.06. The largest absolute Gasteiger partial charge is 0.313 e. The van der Waals surface area contributed by atoms with Crippen molar-refractivity contribution in [2.75, 3.05) is 0 Å². The summed E-state index contributed by atoms with van der Waals surface area (Å²) in [7, 11) is -2.48. The van der Waals surface area contributed by atoms with Gasteiger partial charge >= 0.3 is 11.4 Å². The maximum atomic E-state index is 14.5. The SMILES string of the molecule is O=[N+]([O-])c1c(F)ccc(S(=O)c2ccc(F)c([N+](=O)[O-])c2-c2ccc(F)cc2)c1-c1ccc(F)cc1. The average Bonchev–Trinajstić information content (AvgIpc) is 2.83. The molecule has 0 aliphatic rings. The Kier molecular flexibility index (Phi) is 6.62. The van der Waals surface area contributed by atoms with Crippen molar-refractivity contribution >= 4 is 22.2 Å². The zero-order valence-corrected chi connectivity index (χ0v) is 18.6. The van der Waals surface area contributed by atoms with E-state index in [-0.39, 0.29) is 20.9 Å². The second-order valence-corrected chi connectivity index (χ2v) is 8.75. The van der Waals surface area contributed by atoms with Crippen LogP contribution in [0, 0.1) is 43.5 Å². The van der Waals surface area contributed by atoms with E-state index in [0.29, 0.717) is 12.1 Å². The molecule has 0 spiro atoms. The van der Waals surface area contributed by atoms with Crippen LogP contribution in [-0.4, -0.2) is 14.1 Å². The zero-order chi connectivity index (χ0) is 26.1. The lowest BCUT2D eigenvalue weighted by Gasteiger charge is -2.14. The van der Waals surface area contributed by atoms with E-state index in [9.17, 15) is 42.0 Å². The van der Waals surface area contributed by atoms with E-state index in [0.717, 1.165) is 60.7 Å². The summed E-state index contributed by atoms with van der Waals surface area (Å²) in [6.45, 7) is 0. The van der Waals surface area contributed by atoms with Crippen LogP contribution in [0.4, 0.5) is 28.9 Å². The van der Waals surface area contributed by atoms with Crippen LogP contribution in [0.2, 0.25) is 0 Å². The van der Waals surface area contributed by atoms with Crippen molar-refractivity contribution in [1.29, 1.82) is 0 Å². The maximum absolute atomic E-state index is 14.5. The van der Waals surface area contributed by atoms with Gasteiger partial charge in [0.05, 0.1) is 41.6 Å². The van der Waals surface area contributed by atoms with Crippen LogP contribution in [0.25, 0.3) is 22.3 Å². The van der Waals surface area contributed by atoms with Crippen LogP contribution in [0.15, 0.2) is 82.6 Å². The van der Waals surface area contributed by atoms with E-state index in [4.69, 9.17) is 0 Å². The summed E-state index contributed by atoms with van der Waals surface area (Å²) in [6, 6.07) is 11.7. The summed E-state index contributed by atoms with van der Waals surface area (Å²) in [4.78, 5) is 20.7. The first-order valence-electron chi connectivity index (χ1n) is 9.97. The predicted molar refractivity (Wildman–Crippen MR) is 122 cm³/mol. The van der Waals surface area contributed by atoms with Gasteiger partial charge in [-0.1, -0.05) is 24.3 Å². The number of benzene rings is 4. The van der Waals surface area contributed by atoms with Crippen molar-refractivity contribution in [3.63, 3.8) is 0 Å². The summed E-state index contributed by atoms with van der Waals surface area (Å²) < 4.78 is 69.9. The Hall–Kier alpha value is -4.45. The smallest absolute Gasteiger partial charge is 0.258 e. The molecule has 0 bridgehead atoms. The van der Waals surface area contributed by atoms with Gasteiger partial charge in [0.2, 0.25) is 11.6 Å². The first-order valence-corrected chi connectivity index (χ1v) is 11.1. The third-order valence-electron chi connectivity index (χ3n) is 5.21. The molecular weight excluding hydrogens is 504 g/mol. The van der Waals surface area contributed by atoms with Gasteiger partial charge in [0, 0.05) is 0 Å². The van der Waals surface area contributed by atoms with Crippen LogP contribution in [0.5, 0.6) is 0 Å². The minimum Gasteiger partial charge on any atom is -0.258 e. The highest BCUT2D eigenvalue weighted by molar-refractivity contribution is 7.85. The number of halogens is 4. The molecule has 7 nitrogen and oxygen atoms in total. The van der Waals surface area contributed by atoms with Crippen molar-refractivity contribution in [2.45, 2.75) is 9.79 Å². The van der Waals surface area contributed by atoms with Crippen LogP contribution < -0.4 is 0 Å². The Morgan fingerprint density at radius 1 is 0.556 bits per heavy atom. The van der Waals surface area contributed by atoms with Crippen molar-refractivity contribution in [3.8, 4) is 22.3 Å². The lowest BCUT2D eigenvalue weighted by atomic mass is 10.0. The molecule has 0 radical (unpaired) electrons. The Morgan fingerprint density at radius 2 is 0.889 bits per heavy atom. The number of hydrogen-bond acceptors (Lipinski definition) is 5. The summed E-state index contributed by atoms with van der Waals surface area (Å²) in [5.74, 6) is -3.89. The van der Waals surface area contributed by atoms with Gasteiger partial charge in [-0.2, -0.15) is 8.78 Å². The molecule has 0 aliphatic carbocycles. The highest BCUT2D eigenvalue weighted by atomic mass is 32.2. The van der Waals surface area contributed by atoms with Gasteiger partial charge in [-0.15, -0.1) is 0 Å². The molecule has 0 N–H and O–H groups in total. The molecule has 0 heterocycles. The van der Waals surface area contributed by atoms with Crippen LogP contribution in [0.3, 0.4) is 0 Å². The average molecular weight is 516 g/mol. The van der Waals surface area contributed by atoms with Crippen LogP contribution >= 0.6 is 0 Å². The highest BCUT2D eigenvalue weighted by Crippen LogP contribution is 2.43. The number of rotatable bonds is 6. The fraction of sp³-hybridized carbons (Fsp3) is 0. The van der Waals surface area contributed by atoms with Crippen molar-refractivity contribution < 1.29 is 31.6 Å².